The van der Waals surface area contributed by atoms with E-state index in [2.05, 4.69) is 55.1 Å². The molecular weight excluding hydrogens is 466 g/mol. The molecule has 2 atom stereocenters. The van der Waals surface area contributed by atoms with Crippen molar-refractivity contribution in [3.8, 4) is 11.5 Å². The van der Waals surface area contributed by atoms with Gasteiger partial charge in [-0.1, -0.05) is 56.3 Å². The number of hydrogen-bond acceptors (Lipinski definition) is 4. The molecule has 0 radical (unpaired) electrons. The van der Waals surface area contributed by atoms with Crippen molar-refractivity contribution >= 4 is 17.7 Å². The van der Waals surface area contributed by atoms with Gasteiger partial charge in [0.15, 0.2) is 0 Å². The van der Waals surface area contributed by atoms with Crippen LogP contribution in [0, 0.1) is 0 Å². The topological polar surface area (TPSA) is 38.8 Å². The summed E-state index contributed by atoms with van der Waals surface area (Å²) in [5.74, 6) is 3.31. The maximum atomic E-state index is 13.5. The van der Waals surface area contributed by atoms with E-state index >= 15 is 0 Å². The molecule has 2 unspecified atom stereocenters. The number of rotatable bonds is 8. The van der Waals surface area contributed by atoms with Crippen molar-refractivity contribution in [2.75, 3.05) is 7.11 Å². The highest BCUT2D eigenvalue weighted by Crippen LogP contribution is 2.39. The van der Waals surface area contributed by atoms with Crippen molar-refractivity contribution in [1.82, 2.24) is 4.90 Å². The van der Waals surface area contributed by atoms with Crippen molar-refractivity contribution in [3.63, 3.8) is 0 Å². The van der Waals surface area contributed by atoms with Crippen LogP contribution in [0.4, 0.5) is 0 Å². The fourth-order valence-electron chi connectivity index (χ4n) is 5.59. The van der Waals surface area contributed by atoms with E-state index in [1.165, 1.54) is 11.1 Å². The zero-order valence-corrected chi connectivity index (χ0v) is 22.2. The molecule has 0 saturated carbocycles. The second-order valence-corrected chi connectivity index (χ2v) is 11.2. The van der Waals surface area contributed by atoms with E-state index < -0.39 is 0 Å². The highest BCUT2D eigenvalue weighted by Gasteiger charge is 2.44. The van der Waals surface area contributed by atoms with Crippen LogP contribution in [0.1, 0.15) is 66.9 Å². The fourth-order valence-corrected chi connectivity index (χ4v) is 6.57. The van der Waals surface area contributed by atoms with E-state index in [0.717, 1.165) is 53.4 Å². The molecule has 3 aromatic rings. The van der Waals surface area contributed by atoms with Crippen LogP contribution in [-0.2, 0) is 5.75 Å². The second-order valence-electron chi connectivity index (χ2n) is 10.1. The quantitative estimate of drug-likeness (QED) is 0.303. The number of nitrogens with zero attached hydrogens (tertiary/aromatic N) is 1. The first-order valence-corrected chi connectivity index (χ1v) is 13.9. The predicted molar refractivity (Wildman–Crippen MR) is 146 cm³/mol. The Morgan fingerprint density at radius 2 is 1.56 bits per heavy atom. The van der Waals surface area contributed by atoms with Crippen LogP contribution in [0.5, 0.6) is 11.5 Å². The highest BCUT2D eigenvalue weighted by atomic mass is 32.2. The normalized spacial score (nSPS) is 21.0. The molecular formula is C31H35NO3S. The van der Waals surface area contributed by atoms with Crippen LogP contribution in [0.15, 0.2) is 77.7 Å². The molecule has 4 nitrogen and oxygen atoms in total. The lowest BCUT2D eigenvalue weighted by Crippen LogP contribution is -2.49. The Hall–Kier alpha value is -2.92. The zero-order valence-electron chi connectivity index (χ0n) is 21.4. The highest BCUT2D eigenvalue weighted by molar-refractivity contribution is 7.98. The molecule has 2 aliphatic heterocycles. The second kappa shape index (κ2) is 11.0. The number of para-hydroxylation sites is 2. The third-order valence-corrected chi connectivity index (χ3v) is 8.55. The summed E-state index contributed by atoms with van der Waals surface area (Å²) in [6.45, 7) is 4.41. The lowest BCUT2D eigenvalue weighted by molar-refractivity contribution is 0.0356. The van der Waals surface area contributed by atoms with Gasteiger partial charge in [0.25, 0.3) is 5.91 Å². The van der Waals surface area contributed by atoms with Crippen LogP contribution in [0.2, 0.25) is 0 Å². The molecule has 2 heterocycles. The molecule has 5 rings (SSSR count). The number of carbonyl (C=O) groups excluding carboxylic acids is 1. The average molecular weight is 502 g/mol. The number of thioether (sulfide) groups is 1. The van der Waals surface area contributed by atoms with Gasteiger partial charge in [0.1, 0.15) is 17.6 Å². The minimum Gasteiger partial charge on any atom is -0.496 e. The van der Waals surface area contributed by atoms with Gasteiger partial charge < -0.3 is 14.4 Å². The Balaban J connectivity index is 1.21. The van der Waals surface area contributed by atoms with Crippen molar-refractivity contribution in [1.29, 1.82) is 0 Å². The summed E-state index contributed by atoms with van der Waals surface area (Å²) in [5.41, 5.74) is 3.23. The Labute approximate surface area is 219 Å². The number of piperidine rings is 1. The first kappa shape index (κ1) is 24.8. The number of ether oxygens (including phenoxy) is 2. The Morgan fingerprint density at radius 1 is 0.917 bits per heavy atom. The monoisotopic (exact) mass is 501 g/mol. The molecule has 188 valence electrons. The Morgan fingerprint density at radius 3 is 2.22 bits per heavy atom. The van der Waals surface area contributed by atoms with Crippen LogP contribution in [0.3, 0.4) is 0 Å². The molecule has 0 N–H and O–H groups in total. The largest absolute Gasteiger partial charge is 0.496 e. The summed E-state index contributed by atoms with van der Waals surface area (Å²) >= 11 is 1.75. The Bertz CT molecular complexity index is 1180. The predicted octanol–water partition coefficient (Wildman–Crippen LogP) is 7.33. The SMILES string of the molecule is COc1ccccc1SCc1ccc(C(=O)N2C3CCC2CC(Oc2ccccc2C(C)C)C3)cc1. The van der Waals surface area contributed by atoms with Crippen LogP contribution in [-0.4, -0.2) is 36.1 Å². The standard InChI is InChI=1S/C31H35NO3S/c1-21(2)27-8-4-5-9-28(27)35-26-18-24-16-17-25(19-26)32(24)31(33)23-14-12-22(13-15-23)20-36-30-11-7-6-10-29(30)34-3/h4-15,21,24-26H,16-20H2,1-3H3. The molecule has 2 fully saturated rings. The molecule has 36 heavy (non-hydrogen) atoms. The van der Waals surface area contributed by atoms with E-state index in [1.807, 2.05) is 36.4 Å². The number of amides is 1. The first-order chi connectivity index (χ1) is 17.5. The number of hydrogen-bond donors (Lipinski definition) is 0. The van der Waals surface area contributed by atoms with E-state index in [-0.39, 0.29) is 24.1 Å². The number of carbonyl (C=O) groups is 1. The van der Waals surface area contributed by atoms with Gasteiger partial charge in [0.05, 0.1) is 7.11 Å². The summed E-state index contributed by atoms with van der Waals surface area (Å²) < 4.78 is 12.0. The lowest BCUT2D eigenvalue weighted by atomic mass is 9.97. The van der Waals surface area contributed by atoms with Crippen molar-refractivity contribution in [3.05, 3.63) is 89.5 Å². The summed E-state index contributed by atoms with van der Waals surface area (Å²) in [4.78, 5) is 16.8. The van der Waals surface area contributed by atoms with Gasteiger partial charge in [-0.05, 0) is 60.2 Å². The molecule has 0 aliphatic carbocycles. The Kier molecular flexibility index (Phi) is 7.56. The van der Waals surface area contributed by atoms with Gasteiger partial charge >= 0.3 is 0 Å². The zero-order chi connectivity index (χ0) is 25.1. The van der Waals surface area contributed by atoms with Gasteiger partial charge in [-0.3, -0.25) is 4.79 Å². The number of fused-ring (bicyclic) bond motifs is 2. The molecule has 0 spiro atoms. The van der Waals surface area contributed by atoms with Crippen LogP contribution >= 0.6 is 11.8 Å². The minimum atomic E-state index is 0.160. The number of benzene rings is 3. The third-order valence-electron chi connectivity index (χ3n) is 7.42. The summed E-state index contributed by atoms with van der Waals surface area (Å²) in [6, 6.07) is 25.1. The van der Waals surface area contributed by atoms with E-state index in [9.17, 15) is 4.79 Å². The molecule has 2 aliphatic rings. The van der Waals surface area contributed by atoms with Crippen molar-refractivity contribution in [2.45, 2.75) is 74.3 Å². The molecule has 2 bridgehead atoms. The third kappa shape index (κ3) is 5.27. The minimum absolute atomic E-state index is 0.160. The molecule has 3 aromatic carbocycles. The summed E-state index contributed by atoms with van der Waals surface area (Å²) in [7, 11) is 1.70. The van der Waals surface area contributed by atoms with Crippen LogP contribution < -0.4 is 9.47 Å². The van der Waals surface area contributed by atoms with Crippen molar-refractivity contribution in [2.24, 2.45) is 0 Å². The fraction of sp³-hybridized carbons (Fsp3) is 0.387. The average Bonchev–Trinajstić information content (AvgIpc) is 3.17. The smallest absolute Gasteiger partial charge is 0.254 e. The molecule has 1 amide bonds. The molecule has 0 aromatic heterocycles. The maximum absolute atomic E-state index is 13.5. The van der Waals surface area contributed by atoms with Gasteiger partial charge in [-0.25, -0.2) is 0 Å². The van der Waals surface area contributed by atoms with Gasteiger partial charge in [0.2, 0.25) is 0 Å². The van der Waals surface area contributed by atoms with E-state index in [1.54, 1.807) is 18.9 Å². The molecule has 5 heteroatoms. The van der Waals surface area contributed by atoms with Crippen molar-refractivity contribution < 1.29 is 14.3 Å². The van der Waals surface area contributed by atoms with Gasteiger partial charge in [-0.2, -0.15) is 0 Å². The first-order valence-electron chi connectivity index (χ1n) is 13.0. The van der Waals surface area contributed by atoms with Gasteiger partial charge in [0, 0.05) is 41.1 Å². The van der Waals surface area contributed by atoms with E-state index in [0.29, 0.717) is 5.92 Å². The maximum Gasteiger partial charge on any atom is 0.254 e. The molecule has 2 saturated heterocycles. The van der Waals surface area contributed by atoms with E-state index in [4.69, 9.17) is 9.47 Å². The van der Waals surface area contributed by atoms with Gasteiger partial charge in [-0.15, -0.1) is 11.8 Å². The number of methoxy groups -OCH3 is 1. The summed E-state index contributed by atoms with van der Waals surface area (Å²) in [6.07, 6.45) is 4.11. The summed E-state index contributed by atoms with van der Waals surface area (Å²) in [5, 5.41) is 0. The van der Waals surface area contributed by atoms with Crippen LogP contribution in [0.25, 0.3) is 0 Å². The lowest BCUT2D eigenvalue weighted by Gasteiger charge is -2.39.